The van der Waals surface area contributed by atoms with E-state index in [-0.39, 0.29) is 17.4 Å². The Bertz CT molecular complexity index is 767. The van der Waals surface area contributed by atoms with Crippen LogP contribution in [0.15, 0.2) is 42.5 Å². The molecule has 0 saturated heterocycles. The molecule has 0 aliphatic rings. The number of hydrogen-bond acceptors (Lipinski definition) is 4. The van der Waals surface area contributed by atoms with Crippen LogP contribution in [0, 0.1) is 11.6 Å². The van der Waals surface area contributed by atoms with Gasteiger partial charge < -0.3 is 10.5 Å². The second-order valence-corrected chi connectivity index (χ2v) is 4.89. The van der Waals surface area contributed by atoms with Crippen molar-refractivity contribution in [1.82, 2.24) is 5.06 Å². The molecule has 0 bridgehead atoms. The highest BCUT2D eigenvalue weighted by Crippen LogP contribution is 2.19. The van der Waals surface area contributed by atoms with Gasteiger partial charge in [-0.25, -0.2) is 13.8 Å². The van der Waals surface area contributed by atoms with E-state index in [2.05, 4.69) is 0 Å². The maximum atomic E-state index is 14.0. The Labute approximate surface area is 136 Å². The number of nitrogens with zero attached hydrogens (tertiary/aromatic N) is 1. The van der Waals surface area contributed by atoms with Crippen molar-refractivity contribution in [1.29, 1.82) is 0 Å². The van der Waals surface area contributed by atoms with Gasteiger partial charge in [0.05, 0.1) is 5.56 Å². The van der Waals surface area contributed by atoms with Crippen LogP contribution in [0.4, 0.5) is 8.78 Å². The summed E-state index contributed by atoms with van der Waals surface area (Å²) in [6.07, 6.45) is 0. The van der Waals surface area contributed by atoms with Gasteiger partial charge >= 0.3 is 0 Å². The minimum absolute atomic E-state index is 0.0122. The van der Waals surface area contributed by atoms with Crippen LogP contribution >= 0.6 is 0 Å². The van der Waals surface area contributed by atoms with E-state index in [4.69, 9.17) is 10.5 Å². The molecule has 8 heteroatoms. The molecule has 0 radical (unpaired) electrons. The summed E-state index contributed by atoms with van der Waals surface area (Å²) in [6, 6.07) is 9.09. The van der Waals surface area contributed by atoms with Gasteiger partial charge in [-0.1, -0.05) is 12.1 Å². The van der Waals surface area contributed by atoms with Gasteiger partial charge in [-0.15, -0.1) is 0 Å². The first-order chi connectivity index (χ1) is 11.4. The monoisotopic (exact) mass is 336 g/mol. The van der Waals surface area contributed by atoms with Crippen molar-refractivity contribution in [3.8, 4) is 5.75 Å². The van der Waals surface area contributed by atoms with E-state index < -0.39 is 35.6 Å². The summed E-state index contributed by atoms with van der Waals surface area (Å²) in [6.45, 7) is -0.742. The first-order valence-electron chi connectivity index (χ1n) is 6.82. The third-order valence-electron chi connectivity index (χ3n) is 3.01. The van der Waals surface area contributed by atoms with Gasteiger partial charge in [0.25, 0.3) is 5.91 Å². The second kappa shape index (κ2) is 7.51. The lowest BCUT2D eigenvalue weighted by Gasteiger charge is -2.14. The standard InChI is InChI=1S/C16H14F2N2O4/c17-11-3-1-2-10(6-11)9-24-12-4-5-13(14(18)7-12)16(22)20(23)8-15(19)21/h1-7,23H,8-9H2,(H2,19,21). The smallest absolute Gasteiger partial charge is 0.280 e. The number of benzene rings is 2. The van der Waals surface area contributed by atoms with E-state index in [1.807, 2.05) is 0 Å². The molecule has 6 nitrogen and oxygen atoms in total. The molecule has 0 spiro atoms. The summed E-state index contributed by atoms with van der Waals surface area (Å²) in [5.74, 6) is -3.29. The van der Waals surface area contributed by atoms with Gasteiger partial charge in [0, 0.05) is 6.07 Å². The number of hydroxylamine groups is 2. The fourth-order valence-corrected chi connectivity index (χ4v) is 1.91. The van der Waals surface area contributed by atoms with Gasteiger partial charge in [-0.05, 0) is 29.8 Å². The minimum Gasteiger partial charge on any atom is -0.489 e. The molecule has 0 saturated carbocycles. The minimum atomic E-state index is -1.11. The number of nitrogens with two attached hydrogens (primary N) is 1. The summed E-state index contributed by atoms with van der Waals surface area (Å²) < 4.78 is 32.3. The molecule has 0 aliphatic carbocycles. The molecule has 24 heavy (non-hydrogen) atoms. The quantitative estimate of drug-likeness (QED) is 0.622. The van der Waals surface area contributed by atoms with Crippen molar-refractivity contribution in [2.24, 2.45) is 5.73 Å². The molecule has 2 aromatic carbocycles. The van der Waals surface area contributed by atoms with Gasteiger partial charge in [-0.3, -0.25) is 14.8 Å². The molecule has 0 heterocycles. The van der Waals surface area contributed by atoms with Gasteiger partial charge in [0.2, 0.25) is 5.91 Å². The Morgan fingerprint density at radius 2 is 1.92 bits per heavy atom. The predicted octanol–water partition coefficient (Wildman–Crippen LogP) is 1.86. The Kier molecular flexibility index (Phi) is 5.43. The normalized spacial score (nSPS) is 10.3. The molecular weight excluding hydrogens is 322 g/mol. The zero-order chi connectivity index (χ0) is 17.7. The molecule has 0 unspecified atom stereocenters. The number of amides is 2. The van der Waals surface area contributed by atoms with Gasteiger partial charge in [0.15, 0.2) is 0 Å². The number of hydrogen-bond donors (Lipinski definition) is 2. The molecule has 3 N–H and O–H groups in total. The van der Waals surface area contributed by atoms with Gasteiger partial charge in [0.1, 0.15) is 30.5 Å². The van der Waals surface area contributed by atoms with Crippen LogP contribution < -0.4 is 10.5 Å². The Morgan fingerprint density at radius 1 is 1.17 bits per heavy atom. The molecule has 0 atom stereocenters. The Hall–Kier alpha value is -3.00. The van der Waals surface area contributed by atoms with E-state index in [0.717, 1.165) is 12.1 Å². The Morgan fingerprint density at radius 3 is 2.54 bits per heavy atom. The lowest BCUT2D eigenvalue weighted by molar-refractivity contribution is -0.127. The van der Waals surface area contributed by atoms with Crippen LogP contribution in [0.25, 0.3) is 0 Å². The molecular formula is C16H14F2N2O4. The van der Waals surface area contributed by atoms with E-state index in [1.165, 1.54) is 24.3 Å². The average Bonchev–Trinajstić information content (AvgIpc) is 2.52. The highest BCUT2D eigenvalue weighted by Gasteiger charge is 2.19. The maximum Gasteiger partial charge on any atom is 0.280 e. The number of ether oxygens (including phenoxy) is 1. The summed E-state index contributed by atoms with van der Waals surface area (Å²) in [5, 5.41) is 9.38. The number of carbonyl (C=O) groups is 2. The van der Waals surface area contributed by atoms with Crippen molar-refractivity contribution in [3.63, 3.8) is 0 Å². The highest BCUT2D eigenvalue weighted by molar-refractivity contribution is 5.95. The molecule has 0 aliphatic heterocycles. The van der Waals surface area contributed by atoms with E-state index >= 15 is 0 Å². The molecule has 126 valence electrons. The van der Waals surface area contributed by atoms with Crippen molar-refractivity contribution >= 4 is 11.8 Å². The van der Waals surface area contributed by atoms with Crippen molar-refractivity contribution in [3.05, 3.63) is 65.2 Å². The van der Waals surface area contributed by atoms with Crippen LogP contribution in [0.2, 0.25) is 0 Å². The number of carbonyl (C=O) groups excluding carboxylic acids is 2. The maximum absolute atomic E-state index is 14.0. The summed E-state index contributed by atoms with van der Waals surface area (Å²) in [4.78, 5) is 22.4. The molecule has 0 fully saturated rings. The zero-order valence-electron chi connectivity index (χ0n) is 12.4. The van der Waals surface area contributed by atoms with Crippen molar-refractivity contribution in [2.75, 3.05) is 6.54 Å². The SMILES string of the molecule is NC(=O)CN(O)C(=O)c1ccc(OCc2cccc(F)c2)cc1F. The zero-order valence-corrected chi connectivity index (χ0v) is 12.4. The average molecular weight is 336 g/mol. The third-order valence-corrected chi connectivity index (χ3v) is 3.01. The Balaban J connectivity index is 2.06. The summed E-state index contributed by atoms with van der Waals surface area (Å²) in [7, 11) is 0. The first kappa shape index (κ1) is 17.4. The highest BCUT2D eigenvalue weighted by atomic mass is 19.1. The molecule has 2 rings (SSSR count). The number of primary amides is 1. The first-order valence-corrected chi connectivity index (χ1v) is 6.82. The van der Waals surface area contributed by atoms with E-state index in [0.29, 0.717) is 5.56 Å². The topological polar surface area (TPSA) is 92.9 Å². The van der Waals surface area contributed by atoms with E-state index in [9.17, 15) is 23.6 Å². The van der Waals surface area contributed by atoms with Crippen LogP contribution in [0.3, 0.4) is 0 Å². The predicted molar refractivity (Wildman–Crippen MR) is 79.1 cm³/mol. The summed E-state index contributed by atoms with van der Waals surface area (Å²) >= 11 is 0. The van der Waals surface area contributed by atoms with Crippen molar-refractivity contribution in [2.45, 2.75) is 6.61 Å². The van der Waals surface area contributed by atoms with Crippen LogP contribution in [0.5, 0.6) is 5.75 Å². The van der Waals surface area contributed by atoms with Crippen molar-refractivity contribution < 1.29 is 28.3 Å². The number of halogens is 2. The molecule has 0 aromatic heterocycles. The van der Waals surface area contributed by atoms with Crippen LogP contribution in [-0.2, 0) is 11.4 Å². The summed E-state index contributed by atoms with van der Waals surface area (Å²) in [5.41, 5.74) is 4.95. The number of rotatable bonds is 6. The van der Waals surface area contributed by atoms with E-state index in [1.54, 1.807) is 6.07 Å². The largest absolute Gasteiger partial charge is 0.489 e. The van der Waals surface area contributed by atoms with Crippen LogP contribution in [0.1, 0.15) is 15.9 Å². The fraction of sp³-hybridized carbons (Fsp3) is 0.125. The third kappa shape index (κ3) is 4.50. The second-order valence-electron chi connectivity index (χ2n) is 4.89. The van der Waals surface area contributed by atoms with Crippen LogP contribution in [-0.4, -0.2) is 28.6 Å². The fourth-order valence-electron chi connectivity index (χ4n) is 1.91. The lowest BCUT2D eigenvalue weighted by atomic mass is 10.2. The molecule has 2 amide bonds. The molecule has 2 aromatic rings. The van der Waals surface area contributed by atoms with Gasteiger partial charge in [-0.2, -0.15) is 0 Å². The lowest BCUT2D eigenvalue weighted by Crippen LogP contribution is -2.36.